The SMILES string of the molecule is C=C/C=C(\C)[C@H](C)C[C@H](C)N=C(C)C. The van der Waals surface area contributed by atoms with Gasteiger partial charge in [0.05, 0.1) is 0 Å². The second-order valence-electron chi connectivity index (χ2n) is 4.21. The summed E-state index contributed by atoms with van der Waals surface area (Å²) in [5, 5.41) is 0. The van der Waals surface area contributed by atoms with Gasteiger partial charge in [0.15, 0.2) is 0 Å². The molecule has 0 bridgehead atoms. The molecule has 0 unspecified atom stereocenters. The lowest BCUT2D eigenvalue weighted by Crippen LogP contribution is -2.08. The topological polar surface area (TPSA) is 12.4 Å². The molecule has 0 aromatic rings. The Morgan fingerprint density at radius 2 is 1.86 bits per heavy atom. The number of nitrogens with zero attached hydrogens (tertiary/aromatic N) is 1. The maximum absolute atomic E-state index is 4.52. The van der Waals surface area contributed by atoms with E-state index in [2.05, 4.69) is 38.4 Å². The molecule has 1 nitrogen and oxygen atoms in total. The van der Waals surface area contributed by atoms with Gasteiger partial charge in [0, 0.05) is 11.8 Å². The molecule has 0 amide bonds. The Hall–Kier alpha value is -0.850. The van der Waals surface area contributed by atoms with Crippen LogP contribution in [0.1, 0.15) is 41.0 Å². The highest BCUT2D eigenvalue weighted by molar-refractivity contribution is 5.79. The molecule has 0 aliphatic carbocycles. The van der Waals surface area contributed by atoms with E-state index in [0.717, 1.165) is 12.1 Å². The van der Waals surface area contributed by atoms with Crippen LogP contribution < -0.4 is 0 Å². The van der Waals surface area contributed by atoms with Crippen molar-refractivity contribution in [2.75, 3.05) is 0 Å². The van der Waals surface area contributed by atoms with Crippen LogP contribution >= 0.6 is 0 Å². The predicted octanol–water partition coefficient (Wildman–Crippen LogP) is 4.01. The van der Waals surface area contributed by atoms with Gasteiger partial charge in [0.2, 0.25) is 0 Å². The van der Waals surface area contributed by atoms with Crippen LogP contribution in [0.15, 0.2) is 29.3 Å². The van der Waals surface area contributed by atoms with E-state index >= 15 is 0 Å². The van der Waals surface area contributed by atoms with Crippen LogP contribution in [0.2, 0.25) is 0 Å². The first-order valence-corrected chi connectivity index (χ1v) is 5.27. The van der Waals surface area contributed by atoms with Crippen molar-refractivity contribution in [2.24, 2.45) is 10.9 Å². The van der Waals surface area contributed by atoms with Gasteiger partial charge in [-0.1, -0.05) is 31.2 Å². The second-order valence-corrected chi connectivity index (χ2v) is 4.21. The van der Waals surface area contributed by atoms with E-state index in [1.807, 2.05) is 19.9 Å². The van der Waals surface area contributed by atoms with Crippen molar-refractivity contribution in [1.82, 2.24) is 0 Å². The van der Waals surface area contributed by atoms with Crippen LogP contribution in [-0.4, -0.2) is 11.8 Å². The van der Waals surface area contributed by atoms with Crippen LogP contribution in [0.4, 0.5) is 0 Å². The summed E-state index contributed by atoms with van der Waals surface area (Å²) in [7, 11) is 0. The lowest BCUT2D eigenvalue weighted by molar-refractivity contribution is 0.541. The quantitative estimate of drug-likeness (QED) is 0.462. The molecule has 0 heterocycles. The fraction of sp³-hybridized carbons (Fsp3) is 0.615. The molecule has 0 N–H and O–H groups in total. The number of aliphatic imine (C=N–C) groups is 1. The maximum atomic E-state index is 4.52. The molecule has 0 saturated heterocycles. The summed E-state index contributed by atoms with van der Waals surface area (Å²) in [6, 6.07) is 0.420. The van der Waals surface area contributed by atoms with Crippen LogP contribution in [0, 0.1) is 5.92 Å². The summed E-state index contributed by atoms with van der Waals surface area (Å²) in [5.74, 6) is 0.589. The van der Waals surface area contributed by atoms with Gasteiger partial charge in [-0.15, -0.1) is 0 Å². The molecule has 0 radical (unpaired) electrons. The summed E-state index contributed by atoms with van der Waals surface area (Å²) in [6.45, 7) is 14.4. The van der Waals surface area contributed by atoms with Crippen molar-refractivity contribution in [2.45, 2.75) is 47.1 Å². The van der Waals surface area contributed by atoms with E-state index in [4.69, 9.17) is 0 Å². The average molecular weight is 193 g/mol. The maximum Gasteiger partial charge on any atom is 0.0476 e. The van der Waals surface area contributed by atoms with Crippen molar-refractivity contribution in [1.29, 1.82) is 0 Å². The zero-order chi connectivity index (χ0) is 11.1. The first-order valence-electron chi connectivity index (χ1n) is 5.27. The normalized spacial score (nSPS) is 15.9. The Labute approximate surface area is 88.6 Å². The van der Waals surface area contributed by atoms with Crippen molar-refractivity contribution in [3.05, 3.63) is 24.3 Å². The van der Waals surface area contributed by atoms with E-state index < -0.39 is 0 Å². The van der Waals surface area contributed by atoms with Gasteiger partial charge in [-0.05, 0) is 40.0 Å². The molecule has 0 spiro atoms. The zero-order valence-corrected chi connectivity index (χ0v) is 10.2. The lowest BCUT2D eigenvalue weighted by atomic mass is 9.95. The van der Waals surface area contributed by atoms with Gasteiger partial charge in [-0.3, -0.25) is 4.99 Å². The monoisotopic (exact) mass is 193 g/mol. The van der Waals surface area contributed by atoms with Crippen molar-refractivity contribution >= 4 is 5.71 Å². The molecule has 0 fully saturated rings. The molecule has 0 aliphatic rings. The fourth-order valence-electron chi connectivity index (χ4n) is 1.54. The van der Waals surface area contributed by atoms with Gasteiger partial charge in [0.25, 0.3) is 0 Å². The highest BCUT2D eigenvalue weighted by Gasteiger charge is 2.08. The standard InChI is InChI=1S/C13H23N/c1-7-8-11(4)12(5)9-13(6)14-10(2)3/h7-8,12-13H,1,9H2,2-6H3/b11-8+/t12-,13+/m1/s1. The van der Waals surface area contributed by atoms with Crippen molar-refractivity contribution < 1.29 is 0 Å². The highest BCUT2D eigenvalue weighted by Crippen LogP contribution is 2.17. The smallest absolute Gasteiger partial charge is 0.0476 e. The first kappa shape index (κ1) is 13.2. The third kappa shape index (κ3) is 5.74. The molecule has 14 heavy (non-hydrogen) atoms. The van der Waals surface area contributed by atoms with Crippen molar-refractivity contribution in [3.63, 3.8) is 0 Å². The largest absolute Gasteiger partial charge is 0.292 e. The minimum Gasteiger partial charge on any atom is -0.292 e. The minimum absolute atomic E-state index is 0.420. The zero-order valence-electron chi connectivity index (χ0n) is 10.2. The van der Waals surface area contributed by atoms with Gasteiger partial charge >= 0.3 is 0 Å². The van der Waals surface area contributed by atoms with Crippen LogP contribution in [0.25, 0.3) is 0 Å². The molecule has 2 atom stereocenters. The highest BCUT2D eigenvalue weighted by atomic mass is 14.8. The first-order chi connectivity index (χ1) is 6.47. The third-order valence-electron chi connectivity index (χ3n) is 2.33. The fourth-order valence-corrected chi connectivity index (χ4v) is 1.54. The molecule has 0 aromatic carbocycles. The number of hydrogen-bond donors (Lipinski definition) is 0. The van der Waals surface area contributed by atoms with E-state index in [1.54, 1.807) is 0 Å². The molecule has 1 heteroatoms. The Morgan fingerprint density at radius 1 is 1.29 bits per heavy atom. The van der Waals surface area contributed by atoms with Gasteiger partial charge < -0.3 is 0 Å². The van der Waals surface area contributed by atoms with Crippen LogP contribution in [-0.2, 0) is 0 Å². The van der Waals surface area contributed by atoms with E-state index in [1.165, 1.54) is 5.57 Å². The van der Waals surface area contributed by atoms with Gasteiger partial charge in [0.1, 0.15) is 0 Å². The molecule has 0 aromatic heterocycles. The number of hydrogen-bond acceptors (Lipinski definition) is 1. The van der Waals surface area contributed by atoms with E-state index in [0.29, 0.717) is 12.0 Å². The molecule has 0 rings (SSSR count). The summed E-state index contributed by atoms with van der Waals surface area (Å²) in [6.07, 6.45) is 5.05. The average Bonchev–Trinajstić information content (AvgIpc) is 2.02. The van der Waals surface area contributed by atoms with Crippen LogP contribution in [0.5, 0.6) is 0 Å². The molecule has 80 valence electrons. The van der Waals surface area contributed by atoms with E-state index in [9.17, 15) is 0 Å². The summed E-state index contributed by atoms with van der Waals surface area (Å²) >= 11 is 0. The van der Waals surface area contributed by atoms with Gasteiger partial charge in [-0.2, -0.15) is 0 Å². The van der Waals surface area contributed by atoms with Gasteiger partial charge in [-0.25, -0.2) is 0 Å². The number of rotatable bonds is 5. The van der Waals surface area contributed by atoms with Crippen LogP contribution in [0.3, 0.4) is 0 Å². The summed E-state index contributed by atoms with van der Waals surface area (Å²) in [5.41, 5.74) is 2.55. The van der Waals surface area contributed by atoms with Crippen molar-refractivity contribution in [3.8, 4) is 0 Å². The van der Waals surface area contributed by atoms with E-state index in [-0.39, 0.29) is 0 Å². The molecular weight excluding hydrogens is 170 g/mol. The number of allylic oxidation sites excluding steroid dienone is 3. The summed E-state index contributed by atoms with van der Waals surface area (Å²) < 4.78 is 0. The minimum atomic E-state index is 0.420. The second kappa shape index (κ2) is 6.58. The molecule has 0 saturated carbocycles. The third-order valence-corrected chi connectivity index (χ3v) is 2.33. The summed E-state index contributed by atoms with van der Waals surface area (Å²) in [4.78, 5) is 4.52. The Morgan fingerprint density at radius 3 is 2.29 bits per heavy atom. The predicted molar refractivity (Wildman–Crippen MR) is 66.0 cm³/mol. The Balaban J connectivity index is 4.18. The Kier molecular flexibility index (Phi) is 6.18. The molecule has 0 aliphatic heterocycles. The molecular formula is C13H23N. The Bertz CT molecular complexity index is 232. The lowest BCUT2D eigenvalue weighted by Gasteiger charge is -2.15.